The molecule has 1 saturated heterocycles. The Labute approximate surface area is 197 Å². The first-order valence-corrected chi connectivity index (χ1v) is 12.3. The first kappa shape index (κ1) is 21.1. The number of aromatic nitrogens is 2. The van der Waals surface area contributed by atoms with Crippen LogP contribution in [0.3, 0.4) is 0 Å². The van der Waals surface area contributed by atoms with Gasteiger partial charge in [-0.1, -0.05) is 66.3 Å². The predicted molar refractivity (Wildman–Crippen MR) is 130 cm³/mol. The number of fused-ring (bicyclic) bond motifs is 1. The molecule has 1 aliphatic heterocycles. The van der Waals surface area contributed by atoms with Gasteiger partial charge in [-0.3, -0.25) is 14.9 Å². The molecule has 5 rings (SSSR count). The van der Waals surface area contributed by atoms with Crippen LogP contribution in [0.15, 0.2) is 48.5 Å². The second kappa shape index (κ2) is 8.61. The highest BCUT2D eigenvalue weighted by molar-refractivity contribution is 7.22. The number of amides is 2. The molecule has 0 bridgehead atoms. The van der Waals surface area contributed by atoms with Gasteiger partial charge in [0.05, 0.1) is 5.02 Å². The molecule has 1 fully saturated rings. The fourth-order valence-electron chi connectivity index (χ4n) is 3.94. The summed E-state index contributed by atoms with van der Waals surface area (Å²) in [6.07, 6.45) is 1.24. The number of carbonyl (C=O) groups is 2. The molecule has 2 aromatic carbocycles. The maximum atomic E-state index is 12.8. The molecule has 0 aliphatic carbocycles. The van der Waals surface area contributed by atoms with E-state index in [-0.39, 0.29) is 17.7 Å². The van der Waals surface area contributed by atoms with Crippen LogP contribution in [-0.2, 0) is 11.2 Å². The number of thiophene rings is 1. The summed E-state index contributed by atoms with van der Waals surface area (Å²) >= 11 is 9.07. The Morgan fingerprint density at radius 1 is 1.16 bits per heavy atom. The van der Waals surface area contributed by atoms with E-state index in [0.717, 1.165) is 32.8 Å². The van der Waals surface area contributed by atoms with Gasteiger partial charge < -0.3 is 4.90 Å². The van der Waals surface area contributed by atoms with Crippen LogP contribution in [0.2, 0.25) is 5.02 Å². The van der Waals surface area contributed by atoms with Crippen molar-refractivity contribution in [1.29, 1.82) is 0 Å². The van der Waals surface area contributed by atoms with Crippen molar-refractivity contribution in [3.63, 3.8) is 0 Å². The topological polar surface area (TPSA) is 75.2 Å². The van der Waals surface area contributed by atoms with Crippen LogP contribution in [-0.4, -0.2) is 28.6 Å². The van der Waals surface area contributed by atoms with Gasteiger partial charge in [-0.2, -0.15) is 0 Å². The number of para-hydroxylation sites is 1. The number of anilines is 2. The number of nitrogens with one attached hydrogen (secondary N) is 1. The molecule has 0 saturated carbocycles. The highest BCUT2D eigenvalue weighted by atomic mass is 35.5. The van der Waals surface area contributed by atoms with Crippen LogP contribution in [0.5, 0.6) is 0 Å². The minimum absolute atomic E-state index is 0.0523. The van der Waals surface area contributed by atoms with Gasteiger partial charge in [-0.05, 0) is 24.1 Å². The summed E-state index contributed by atoms with van der Waals surface area (Å²) in [5, 5.41) is 13.7. The van der Waals surface area contributed by atoms with E-state index in [0.29, 0.717) is 28.0 Å². The lowest BCUT2D eigenvalue weighted by molar-refractivity contribution is -0.117. The SMILES string of the molecule is CCc1ccccc1N1CC(c2nnc(NC(=O)c3sc4ccccc4c3Cl)s2)CC1=O. The highest BCUT2D eigenvalue weighted by Gasteiger charge is 2.34. The molecule has 0 radical (unpaired) electrons. The monoisotopic (exact) mass is 482 g/mol. The Hall–Kier alpha value is -2.81. The third-order valence-corrected chi connectivity index (χ3v) is 8.22. The fourth-order valence-corrected chi connectivity index (χ4v) is 6.18. The van der Waals surface area contributed by atoms with Gasteiger partial charge in [-0.25, -0.2) is 0 Å². The zero-order valence-corrected chi connectivity index (χ0v) is 19.6. The van der Waals surface area contributed by atoms with E-state index >= 15 is 0 Å². The molecule has 6 nitrogen and oxygen atoms in total. The number of rotatable bonds is 5. The molecule has 0 spiro atoms. The number of halogens is 1. The zero-order valence-electron chi connectivity index (χ0n) is 17.2. The molecule has 4 aromatic rings. The molecule has 2 aromatic heterocycles. The molecular formula is C23H19ClN4O2S2. The van der Waals surface area contributed by atoms with Crippen LogP contribution >= 0.6 is 34.3 Å². The number of benzene rings is 2. The minimum Gasteiger partial charge on any atom is -0.311 e. The predicted octanol–water partition coefficient (Wildman–Crippen LogP) is 5.74. The van der Waals surface area contributed by atoms with Crippen molar-refractivity contribution in [2.24, 2.45) is 0 Å². The number of nitrogens with zero attached hydrogens (tertiary/aromatic N) is 3. The molecule has 3 heterocycles. The molecule has 9 heteroatoms. The average molecular weight is 483 g/mol. The largest absolute Gasteiger partial charge is 0.311 e. The van der Waals surface area contributed by atoms with E-state index in [1.165, 1.54) is 22.7 Å². The third kappa shape index (κ3) is 3.79. The summed E-state index contributed by atoms with van der Waals surface area (Å²) in [4.78, 5) is 27.8. The summed E-state index contributed by atoms with van der Waals surface area (Å²) in [6, 6.07) is 15.6. The maximum absolute atomic E-state index is 12.8. The second-order valence-corrected chi connectivity index (χ2v) is 9.97. The van der Waals surface area contributed by atoms with Crippen molar-refractivity contribution >= 4 is 67.0 Å². The summed E-state index contributed by atoms with van der Waals surface area (Å²) in [7, 11) is 0. The summed E-state index contributed by atoms with van der Waals surface area (Å²) in [5.74, 6) is -0.280. The van der Waals surface area contributed by atoms with Gasteiger partial charge in [0, 0.05) is 34.7 Å². The van der Waals surface area contributed by atoms with E-state index in [1.54, 1.807) is 0 Å². The van der Waals surface area contributed by atoms with Gasteiger partial charge in [0.15, 0.2) is 0 Å². The van der Waals surface area contributed by atoms with Crippen molar-refractivity contribution in [1.82, 2.24) is 10.2 Å². The number of hydrogen-bond acceptors (Lipinski definition) is 6. The van der Waals surface area contributed by atoms with Gasteiger partial charge in [0.25, 0.3) is 5.91 Å². The maximum Gasteiger partial charge on any atom is 0.269 e. The Balaban J connectivity index is 1.32. The minimum atomic E-state index is -0.306. The molecular weight excluding hydrogens is 464 g/mol. The van der Waals surface area contributed by atoms with Crippen molar-refractivity contribution < 1.29 is 9.59 Å². The standard InChI is InChI=1S/C23H19ClN4O2S2/c1-2-13-7-3-5-9-16(13)28-12-14(11-18(28)29)22-26-27-23(32-22)25-21(30)20-19(24)15-8-4-6-10-17(15)31-20/h3-10,14H,2,11-12H2,1H3,(H,25,27,30). The van der Waals surface area contributed by atoms with E-state index in [4.69, 9.17) is 11.6 Å². The average Bonchev–Trinajstić information content (AvgIpc) is 3.51. The fraction of sp³-hybridized carbons (Fsp3) is 0.217. The first-order chi connectivity index (χ1) is 15.5. The van der Waals surface area contributed by atoms with E-state index in [9.17, 15) is 9.59 Å². The number of aryl methyl sites for hydroxylation is 1. The number of hydrogen-bond donors (Lipinski definition) is 1. The molecule has 1 atom stereocenters. The molecule has 1 N–H and O–H groups in total. The molecule has 32 heavy (non-hydrogen) atoms. The number of carbonyl (C=O) groups excluding carboxylic acids is 2. The lowest BCUT2D eigenvalue weighted by Gasteiger charge is -2.19. The van der Waals surface area contributed by atoms with Crippen LogP contribution in [0.1, 0.15) is 39.5 Å². The van der Waals surface area contributed by atoms with E-state index in [2.05, 4.69) is 22.4 Å². The van der Waals surface area contributed by atoms with Crippen molar-refractivity contribution in [2.75, 3.05) is 16.8 Å². The Kier molecular flexibility index (Phi) is 5.67. The quantitative estimate of drug-likeness (QED) is 0.393. The van der Waals surface area contributed by atoms with E-state index < -0.39 is 0 Å². The van der Waals surface area contributed by atoms with Gasteiger partial charge in [0.2, 0.25) is 11.0 Å². The summed E-state index contributed by atoms with van der Waals surface area (Å²) in [5.41, 5.74) is 2.10. The van der Waals surface area contributed by atoms with Crippen molar-refractivity contribution in [2.45, 2.75) is 25.7 Å². The van der Waals surface area contributed by atoms with Crippen LogP contribution in [0.4, 0.5) is 10.8 Å². The van der Waals surface area contributed by atoms with Crippen molar-refractivity contribution in [3.8, 4) is 0 Å². The van der Waals surface area contributed by atoms with E-state index in [1.807, 2.05) is 53.4 Å². The second-order valence-electron chi connectivity index (χ2n) is 7.53. The van der Waals surface area contributed by atoms with Crippen LogP contribution < -0.4 is 10.2 Å². The Morgan fingerprint density at radius 2 is 1.94 bits per heavy atom. The smallest absolute Gasteiger partial charge is 0.269 e. The van der Waals surface area contributed by atoms with Crippen LogP contribution in [0, 0.1) is 0 Å². The summed E-state index contributed by atoms with van der Waals surface area (Å²) < 4.78 is 0.956. The normalized spacial score (nSPS) is 16.1. The molecule has 1 aliphatic rings. The zero-order chi connectivity index (χ0) is 22.2. The summed E-state index contributed by atoms with van der Waals surface area (Å²) in [6.45, 7) is 2.64. The third-order valence-electron chi connectivity index (χ3n) is 5.54. The molecule has 1 unspecified atom stereocenters. The van der Waals surface area contributed by atoms with Gasteiger partial charge in [-0.15, -0.1) is 21.5 Å². The molecule has 2 amide bonds. The van der Waals surface area contributed by atoms with Gasteiger partial charge in [0.1, 0.15) is 9.88 Å². The Bertz CT molecular complexity index is 1330. The Morgan fingerprint density at radius 3 is 2.75 bits per heavy atom. The lowest BCUT2D eigenvalue weighted by Crippen LogP contribution is -2.25. The highest BCUT2D eigenvalue weighted by Crippen LogP contribution is 2.37. The van der Waals surface area contributed by atoms with Crippen LogP contribution in [0.25, 0.3) is 10.1 Å². The lowest BCUT2D eigenvalue weighted by atomic mass is 10.1. The molecule has 162 valence electrons. The van der Waals surface area contributed by atoms with Crippen molar-refractivity contribution in [3.05, 3.63) is 69.0 Å². The van der Waals surface area contributed by atoms with Gasteiger partial charge >= 0.3 is 0 Å². The first-order valence-electron chi connectivity index (χ1n) is 10.2.